The number of fused-ring (bicyclic) bond motifs is 2. The Balaban J connectivity index is 0.940. The fourth-order valence-corrected chi connectivity index (χ4v) is 6.06. The zero-order chi connectivity index (χ0) is 31.1. The summed E-state index contributed by atoms with van der Waals surface area (Å²) in [5, 5.41) is 13.4. The van der Waals surface area contributed by atoms with Crippen LogP contribution in [-0.2, 0) is 9.59 Å². The maximum atomic E-state index is 13.4. The van der Waals surface area contributed by atoms with E-state index < -0.39 is 35.6 Å². The Hall–Kier alpha value is -5.66. The molecule has 2 saturated heterocycles. The number of anilines is 2. The van der Waals surface area contributed by atoms with Crippen LogP contribution in [0.1, 0.15) is 56.8 Å². The number of nitrogens with one attached hydrogen (secondary N) is 2. The van der Waals surface area contributed by atoms with E-state index in [0.717, 1.165) is 41.4 Å². The second-order valence-corrected chi connectivity index (χ2v) is 11.2. The summed E-state index contributed by atoms with van der Waals surface area (Å²) < 4.78 is 0. The van der Waals surface area contributed by atoms with Crippen LogP contribution < -0.4 is 20.4 Å². The van der Waals surface area contributed by atoms with E-state index in [0.29, 0.717) is 34.9 Å². The van der Waals surface area contributed by atoms with Gasteiger partial charge in [0, 0.05) is 43.6 Å². The number of rotatable bonds is 7. The van der Waals surface area contributed by atoms with Crippen LogP contribution in [0.25, 0.3) is 11.2 Å². The largest absolute Gasteiger partial charge is 0.384 e. The molecule has 3 aliphatic heterocycles. The van der Waals surface area contributed by atoms with Crippen LogP contribution in [-0.4, -0.2) is 80.3 Å². The predicted molar refractivity (Wildman–Crippen MR) is 159 cm³/mol. The lowest BCUT2D eigenvalue weighted by Crippen LogP contribution is -2.54. The third-order valence-corrected chi connectivity index (χ3v) is 8.48. The van der Waals surface area contributed by atoms with Gasteiger partial charge in [-0.3, -0.25) is 29.4 Å². The smallest absolute Gasteiger partial charge is 0.365 e. The molecule has 14 heteroatoms. The molecule has 1 unspecified atom stereocenters. The standard InChI is InChI=1S/C31H28N8O6/c40-25-11-10-24(28(41)34-25)38-29(42)21-3-1-4-22(26(21)30(38)43)33-17-18-12-15-37(16-13-18)20-8-6-19(7-9-20)31(44)45-39-27-23(35-36-39)5-2-14-32-27/h1-9,14,18,24,33H,10-13,15-17H2,(H,34,40,41). The first-order valence-corrected chi connectivity index (χ1v) is 14.7. The monoisotopic (exact) mass is 608 g/mol. The lowest BCUT2D eigenvalue weighted by Gasteiger charge is -2.34. The van der Waals surface area contributed by atoms with Gasteiger partial charge < -0.3 is 15.1 Å². The Morgan fingerprint density at radius 2 is 1.76 bits per heavy atom. The van der Waals surface area contributed by atoms with Crippen LogP contribution in [0.5, 0.6) is 0 Å². The number of nitrogens with zero attached hydrogens (tertiary/aromatic N) is 6. The molecular weight excluding hydrogens is 580 g/mol. The van der Waals surface area contributed by atoms with Gasteiger partial charge in [0.2, 0.25) is 17.5 Å². The Bertz CT molecular complexity index is 1850. The van der Waals surface area contributed by atoms with E-state index in [9.17, 15) is 24.0 Å². The van der Waals surface area contributed by atoms with Gasteiger partial charge >= 0.3 is 5.97 Å². The molecule has 0 spiro atoms. The summed E-state index contributed by atoms with van der Waals surface area (Å²) in [5.41, 5.74) is 3.30. The normalized spacial score (nSPS) is 18.7. The van der Waals surface area contributed by atoms with Gasteiger partial charge in [-0.2, -0.15) is 0 Å². The molecule has 2 fully saturated rings. The zero-order valence-corrected chi connectivity index (χ0v) is 24.0. The van der Waals surface area contributed by atoms with Crippen LogP contribution in [0.2, 0.25) is 0 Å². The first-order valence-electron chi connectivity index (χ1n) is 14.7. The number of imide groups is 2. The highest BCUT2D eigenvalue weighted by Crippen LogP contribution is 2.33. The van der Waals surface area contributed by atoms with Gasteiger partial charge in [-0.05, 0) is 83.8 Å². The highest BCUT2D eigenvalue weighted by molar-refractivity contribution is 6.25. The molecule has 7 rings (SSSR count). The van der Waals surface area contributed by atoms with Gasteiger partial charge in [-0.15, -0.1) is 5.10 Å². The van der Waals surface area contributed by atoms with Crippen LogP contribution in [0.3, 0.4) is 0 Å². The van der Waals surface area contributed by atoms with Crippen molar-refractivity contribution in [2.45, 2.75) is 31.7 Å². The average Bonchev–Trinajstić information content (AvgIpc) is 3.58. The van der Waals surface area contributed by atoms with Crippen molar-refractivity contribution >= 4 is 52.1 Å². The van der Waals surface area contributed by atoms with E-state index in [2.05, 4.69) is 30.8 Å². The van der Waals surface area contributed by atoms with Gasteiger partial charge in [0.1, 0.15) is 11.6 Å². The first kappa shape index (κ1) is 28.1. The minimum absolute atomic E-state index is 0.0733. The SMILES string of the molecule is O=C1CCC(N2C(=O)c3cccc(NCC4CCN(c5ccc(C(=O)On6nnc7cccnc76)cc5)CC4)c3C2=O)C(=O)N1. The van der Waals surface area contributed by atoms with E-state index in [1.807, 2.05) is 12.1 Å². The van der Waals surface area contributed by atoms with E-state index in [1.165, 1.54) is 0 Å². The van der Waals surface area contributed by atoms with Crippen molar-refractivity contribution in [2.75, 3.05) is 29.9 Å². The molecule has 3 aliphatic rings. The number of carbonyl (C=O) groups is 5. The van der Waals surface area contributed by atoms with Crippen molar-refractivity contribution in [2.24, 2.45) is 5.92 Å². The molecule has 2 aromatic carbocycles. The van der Waals surface area contributed by atoms with Crippen molar-refractivity contribution in [3.8, 4) is 0 Å². The summed E-state index contributed by atoms with van der Waals surface area (Å²) in [4.78, 5) is 76.8. The fraction of sp³-hybridized carbons (Fsp3) is 0.290. The molecule has 0 saturated carbocycles. The first-order chi connectivity index (χ1) is 21.9. The molecule has 2 N–H and O–H groups in total. The van der Waals surface area contributed by atoms with Gasteiger partial charge in [0.05, 0.1) is 16.7 Å². The minimum Gasteiger partial charge on any atom is -0.384 e. The summed E-state index contributed by atoms with van der Waals surface area (Å²) >= 11 is 0. The molecule has 2 aromatic heterocycles. The molecule has 14 nitrogen and oxygen atoms in total. The van der Waals surface area contributed by atoms with Crippen LogP contribution in [0.4, 0.5) is 11.4 Å². The van der Waals surface area contributed by atoms with E-state index in [-0.39, 0.29) is 24.0 Å². The molecular formula is C31H28N8O6. The van der Waals surface area contributed by atoms with Crippen molar-refractivity contribution in [1.29, 1.82) is 0 Å². The average molecular weight is 609 g/mol. The predicted octanol–water partition coefficient (Wildman–Crippen LogP) is 1.82. The molecule has 4 amide bonds. The fourth-order valence-electron chi connectivity index (χ4n) is 6.06. The zero-order valence-electron chi connectivity index (χ0n) is 24.0. The number of hydrogen-bond donors (Lipinski definition) is 2. The van der Waals surface area contributed by atoms with Gasteiger partial charge in [0.25, 0.3) is 11.8 Å². The lowest BCUT2D eigenvalue weighted by atomic mass is 9.96. The molecule has 0 aliphatic carbocycles. The second kappa shape index (κ2) is 11.4. The Labute approximate surface area is 256 Å². The number of amides is 4. The summed E-state index contributed by atoms with van der Waals surface area (Å²) in [5.74, 6) is -2.33. The van der Waals surface area contributed by atoms with E-state index >= 15 is 0 Å². The summed E-state index contributed by atoms with van der Waals surface area (Å²) in [6, 6.07) is 14.7. The maximum absolute atomic E-state index is 13.4. The van der Waals surface area contributed by atoms with Crippen molar-refractivity contribution in [1.82, 2.24) is 30.4 Å². The second-order valence-electron chi connectivity index (χ2n) is 11.2. The molecule has 0 bridgehead atoms. The topological polar surface area (TPSA) is 169 Å². The van der Waals surface area contributed by atoms with Gasteiger partial charge in [0.15, 0.2) is 0 Å². The third kappa shape index (κ3) is 5.24. The van der Waals surface area contributed by atoms with Gasteiger partial charge in [-0.1, -0.05) is 6.07 Å². The molecule has 5 heterocycles. The minimum atomic E-state index is -1.00. The van der Waals surface area contributed by atoms with Crippen LogP contribution >= 0.6 is 0 Å². The van der Waals surface area contributed by atoms with Crippen molar-refractivity contribution < 1.29 is 28.8 Å². The number of aromatic nitrogens is 4. The summed E-state index contributed by atoms with van der Waals surface area (Å²) in [6.07, 6.45) is 3.55. The summed E-state index contributed by atoms with van der Waals surface area (Å²) in [7, 11) is 0. The van der Waals surface area contributed by atoms with Crippen molar-refractivity contribution in [3.63, 3.8) is 0 Å². The Morgan fingerprint density at radius 1 is 0.956 bits per heavy atom. The third-order valence-electron chi connectivity index (χ3n) is 8.48. The molecule has 4 aromatic rings. The Morgan fingerprint density at radius 3 is 2.53 bits per heavy atom. The van der Waals surface area contributed by atoms with E-state index in [1.54, 1.807) is 48.7 Å². The highest BCUT2D eigenvalue weighted by Gasteiger charge is 2.45. The summed E-state index contributed by atoms with van der Waals surface area (Å²) in [6.45, 7) is 2.22. The maximum Gasteiger partial charge on any atom is 0.365 e. The number of benzene rings is 2. The molecule has 45 heavy (non-hydrogen) atoms. The molecule has 1 atom stereocenters. The van der Waals surface area contributed by atoms with Crippen LogP contribution in [0, 0.1) is 5.92 Å². The quantitative estimate of drug-likeness (QED) is 0.232. The van der Waals surface area contributed by atoms with Gasteiger partial charge in [-0.25, -0.2) is 9.78 Å². The highest BCUT2D eigenvalue weighted by atomic mass is 16.7. The number of pyridine rings is 1. The molecule has 228 valence electrons. The number of carbonyl (C=O) groups excluding carboxylic acids is 5. The number of hydrogen-bond acceptors (Lipinski definition) is 11. The van der Waals surface area contributed by atoms with E-state index in [4.69, 9.17) is 4.84 Å². The number of piperidine rings is 2. The van der Waals surface area contributed by atoms with Crippen molar-refractivity contribution in [3.05, 3.63) is 77.5 Å². The lowest BCUT2D eigenvalue weighted by molar-refractivity contribution is -0.136. The molecule has 0 radical (unpaired) electrons. The Kier molecular flexibility index (Phi) is 7.16. The van der Waals surface area contributed by atoms with Crippen LogP contribution in [0.15, 0.2) is 60.8 Å².